The lowest BCUT2D eigenvalue weighted by Crippen LogP contribution is -2.18. The van der Waals surface area contributed by atoms with E-state index in [9.17, 15) is 13.2 Å². The summed E-state index contributed by atoms with van der Waals surface area (Å²) in [4.78, 5) is 11.7. The quantitative estimate of drug-likeness (QED) is 0.759. The molecule has 0 fully saturated rings. The second-order valence-electron chi connectivity index (χ2n) is 3.14. The molecule has 2 rings (SSSR count). The van der Waals surface area contributed by atoms with Crippen LogP contribution < -0.4 is 5.32 Å². The SMILES string of the molecule is CC(=O)c1scc2c1NC(C)=NS2(=O)=O. The highest BCUT2D eigenvalue weighted by Crippen LogP contribution is 2.35. The zero-order chi connectivity index (χ0) is 11.2. The van der Waals surface area contributed by atoms with Crippen molar-refractivity contribution in [2.24, 2.45) is 4.40 Å². The van der Waals surface area contributed by atoms with E-state index in [0.29, 0.717) is 10.6 Å². The molecule has 15 heavy (non-hydrogen) atoms. The number of anilines is 1. The van der Waals surface area contributed by atoms with Crippen LogP contribution in [-0.2, 0) is 10.0 Å². The molecule has 0 aromatic carbocycles. The van der Waals surface area contributed by atoms with Gasteiger partial charge in [-0.15, -0.1) is 15.7 Å². The molecule has 0 unspecified atom stereocenters. The maximum atomic E-state index is 11.6. The van der Waals surface area contributed by atoms with Crippen LogP contribution in [0.1, 0.15) is 23.5 Å². The lowest BCUT2D eigenvalue weighted by molar-refractivity contribution is 0.102. The van der Waals surface area contributed by atoms with E-state index in [1.807, 2.05) is 0 Å². The third-order valence-corrected chi connectivity index (χ3v) is 4.54. The van der Waals surface area contributed by atoms with E-state index in [1.54, 1.807) is 6.92 Å². The second-order valence-corrected chi connectivity index (χ2v) is 5.59. The maximum absolute atomic E-state index is 11.6. The Morgan fingerprint density at radius 1 is 1.53 bits per heavy atom. The topological polar surface area (TPSA) is 75.6 Å². The molecule has 0 atom stereocenters. The number of amidine groups is 1. The van der Waals surface area contributed by atoms with Gasteiger partial charge in [0.2, 0.25) is 0 Å². The van der Waals surface area contributed by atoms with Gasteiger partial charge in [0.15, 0.2) is 5.78 Å². The summed E-state index contributed by atoms with van der Waals surface area (Å²) in [6, 6.07) is 0. The average molecular weight is 244 g/mol. The van der Waals surface area contributed by atoms with E-state index in [1.165, 1.54) is 12.3 Å². The predicted octanol–water partition coefficient (Wildman–Crippen LogP) is 1.48. The Morgan fingerprint density at radius 3 is 2.80 bits per heavy atom. The third-order valence-electron chi connectivity index (χ3n) is 1.92. The summed E-state index contributed by atoms with van der Waals surface area (Å²) in [5.74, 6) is 0.127. The molecule has 0 radical (unpaired) electrons. The van der Waals surface area contributed by atoms with Crippen LogP contribution in [0.2, 0.25) is 0 Å². The van der Waals surface area contributed by atoms with Crippen LogP contribution in [0.25, 0.3) is 0 Å². The summed E-state index contributed by atoms with van der Waals surface area (Å²) in [6.45, 7) is 2.95. The van der Waals surface area contributed by atoms with Crippen molar-refractivity contribution < 1.29 is 13.2 Å². The molecule has 1 aliphatic heterocycles. The molecule has 2 heterocycles. The number of hydrogen-bond donors (Lipinski definition) is 1. The van der Waals surface area contributed by atoms with Crippen LogP contribution in [-0.4, -0.2) is 20.0 Å². The first-order valence-corrected chi connectivity index (χ1v) is 6.45. The van der Waals surface area contributed by atoms with Crippen molar-refractivity contribution in [1.82, 2.24) is 0 Å². The first-order chi connectivity index (χ1) is 6.92. The van der Waals surface area contributed by atoms with Crippen molar-refractivity contribution in [2.75, 3.05) is 5.32 Å². The van der Waals surface area contributed by atoms with Gasteiger partial charge in [0.25, 0.3) is 10.0 Å². The molecule has 1 aliphatic rings. The summed E-state index contributed by atoms with van der Waals surface area (Å²) in [5, 5.41) is 4.24. The number of thiophene rings is 1. The molecular formula is C8H8N2O3S2. The lowest BCUT2D eigenvalue weighted by Gasteiger charge is -2.12. The molecule has 0 saturated heterocycles. The smallest absolute Gasteiger partial charge is 0.286 e. The molecule has 1 aromatic heterocycles. The highest BCUT2D eigenvalue weighted by atomic mass is 32.2. The minimum absolute atomic E-state index is 0.0864. The first-order valence-electron chi connectivity index (χ1n) is 4.13. The predicted molar refractivity (Wildman–Crippen MR) is 58.2 cm³/mol. The average Bonchev–Trinajstić information content (AvgIpc) is 2.45. The Balaban J connectivity index is 2.71. The van der Waals surface area contributed by atoms with E-state index >= 15 is 0 Å². The van der Waals surface area contributed by atoms with Gasteiger partial charge in [0, 0.05) is 12.3 Å². The van der Waals surface area contributed by atoms with Gasteiger partial charge >= 0.3 is 0 Å². The van der Waals surface area contributed by atoms with Gasteiger partial charge in [-0.25, -0.2) is 0 Å². The monoisotopic (exact) mass is 244 g/mol. The van der Waals surface area contributed by atoms with Gasteiger partial charge in [-0.05, 0) is 6.92 Å². The van der Waals surface area contributed by atoms with Crippen LogP contribution in [0.5, 0.6) is 0 Å². The van der Waals surface area contributed by atoms with E-state index in [0.717, 1.165) is 11.3 Å². The van der Waals surface area contributed by atoms with Gasteiger partial charge in [-0.3, -0.25) is 4.79 Å². The van der Waals surface area contributed by atoms with E-state index in [4.69, 9.17) is 0 Å². The zero-order valence-electron chi connectivity index (χ0n) is 8.07. The van der Waals surface area contributed by atoms with Crippen LogP contribution >= 0.6 is 11.3 Å². The molecule has 0 spiro atoms. The number of nitrogens with zero attached hydrogens (tertiary/aromatic N) is 1. The van der Waals surface area contributed by atoms with Crippen LogP contribution in [0.4, 0.5) is 5.69 Å². The number of nitrogens with one attached hydrogen (secondary N) is 1. The molecule has 0 bridgehead atoms. The number of Topliss-reactive ketones (excluding diaryl/α,β-unsaturated/α-hetero) is 1. The molecule has 0 amide bonds. The highest BCUT2D eigenvalue weighted by Gasteiger charge is 2.28. The Bertz CT molecular complexity index is 569. The fourth-order valence-corrected chi connectivity index (χ4v) is 3.74. The first kappa shape index (κ1) is 10.3. The van der Waals surface area contributed by atoms with Gasteiger partial charge in [0.05, 0.1) is 10.6 Å². The maximum Gasteiger partial charge on any atom is 0.286 e. The summed E-state index contributed by atoms with van der Waals surface area (Å²) in [5.41, 5.74) is 0.361. The van der Waals surface area contributed by atoms with E-state index < -0.39 is 10.0 Å². The van der Waals surface area contributed by atoms with Gasteiger partial charge in [0.1, 0.15) is 10.7 Å². The van der Waals surface area contributed by atoms with Crippen LogP contribution in [0, 0.1) is 0 Å². The number of carbonyl (C=O) groups is 1. The van der Waals surface area contributed by atoms with E-state index in [-0.39, 0.29) is 16.5 Å². The molecule has 80 valence electrons. The number of ketones is 1. The van der Waals surface area contributed by atoms with Gasteiger partial charge < -0.3 is 5.32 Å². The van der Waals surface area contributed by atoms with Crippen molar-refractivity contribution in [2.45, 2.75) is 18.7 Å². The molecule has 0 saturated carbocycles. The summed E-state index contributed by atoms with van der Waals surface area (Å²) in [7, 11) is -3.62. The summed E-state index contributed by atoms with van der Waals surface area (Å²) < 4.78 is 26.7. The normalized spacial score (nSPS) is 17.6. The second kappa shape index (κ2) is 3.14. The number of rotatable bonds is 1. The number of sulfonamides is 1. The minimum Gasteiger partial charge on any atom is -0.341 e. The summed E-state index contributed by atoms with van der Waals surface area (Å²) in [6.07, 6.45) is 0. The zero-order valence-corrected chi connectivity index (χ0v) is 9.70. The largest absolute Gasteiger partial charge is 0.341 e. The Morgan fingerprint density at radius 2 is 2.20 bits per heavy atom. The molecule has 1 N–H and O–H groups in total. The van der Waals surface area contributed by atoms with Crippen LogP contribution in [0.15, 0.2) is 14.7 Å². The van der Waals surface area contributed by atoms with Crippen molar-refractivity contribution in [3.8, 4) is 0 Å². The standard InChI is InChI=1S/C8H8N2O3S2/c1-4(11)8-7-6(3-14-8)15(12,13)10-5(2)9-7/h3H,1-2H3,(H,9,10). The number of fused-ring (bicyclic) bond motifs is 1. The fraction of sp³-hybridized carbons (Fsp3) is 0.250. The van der Waals surface area contributed by atoms with Gasteiger partial charge in [-0.2, -0.15) is 8.42 Å². The molecule has 7 heteroatoms. The molecule has 0 aliphatic carbocycles. The Hall–Kier alpha value is -1.21. The van der Waals surface area contributed by atoms with Crippen molar-refractivity contribution >= 4 is 38.7 Å². The Labute approximate surface area is 90.9 Å². The van der Waals surface area contributed by atoms with Crippen molar-refractivity contribution in [3.05, 3.63) is 10.3 Å². The molecule has 1 aromatic rings. The minimum atomic E-state index is -3.62. The Kier molecular flexibility index (Phi) is 2.16. The van der Waals surface area contributed by atoms with Gasteiger partial charge in [-0.1, -0.05) is 0 Å². The molecule has 5 nitrogen and oxygen atoms in total. The van der Waals surface area contributed by atoms with E-state index in [2.05, 4.69) is 9.71 Å². The lowest BCUT2D eigenvalue weighted by atomic mass is 10.3. The third kappa shape index (κ3) is 1.57. The van der Waals surface area contributed by atoms with Crippen molar-refractivity contribution in [3.63, 3.8) is 0 Å². The fourth-order valence-electron chi connectivity index (χ4n) is 1.34. The highest BCUT2D eigenvalue weighted by molar-refractivity contribution is 7.90. The number of hydrogen-bond acceptors (Lipinski definition) is 5. The molecular weight excluding hydrogens is 236 g/mol. The number of carbonyl (C=O) groups excluding carboxylic acids is 1. The summed E-state index contributed by atoms with van der Waals surface area (Å²) >= 11 is 1.11. The van der Waals surface area contributed by atoms with Crippen molar-refractivity contribution in [1.29, 1.82) is 0 Å². The van der Waals surface area contributed by atoms with Crippen LogP contribution in [0.3, 0.4) is 0 Å².